The highest BCUT2D eigenvalue weighted by molar-refractivity contribution is 5.76. The Hall–Kier alpha value is -0.610. The molecule has 0 aliphatic carbocycles. The first-order valence-electron chi connectivity index (χ1n) is 6.71. The number of nitrogens with zero attached hydrogens (tertiary/aromatic N) is 1. The Morgan fingerprint density at radius 3 is 2.47 bits per heavy atom. The molecule has 0 saturated carbocycles. The molecule has 4 heteroatoms. The number of hydrogen-bond donors (Lipinski definition) is 2. The highest BCUT2D eigenvalue weighted by Crippen LogP contribution is 1.98. The minimum atomic E-state index is 0.135. The largest absolute Gasteiger partial charge is 0.355 e. The van der Waals surface area contributed by atoms with E-state index in [1.54, 1.807) is 0 Å². The summed E-state index contributed by atoms with van der Waals surface area (Å²) in [6.45, 7) is 11.0. The number of hydrogen-bond acceptors (Lipinski definition) is 3. The van der Waals surface area contributed by atoms with Crippen LogP contribution in [0.5, 0.6) is 0 Å². The lowest BCUT2D eigenvalue weighted by molar-refractivity contribution is -0.121. The van der Waals surface area contributed by atoms with Crippen LogP contribution in [0.2, 0.25) is 0 Å². The molecule has 17 heavy (non-hydrogen) atoms. The number of likely N-dealkylation sites (N-methyl/N-ethyl adjacent to an activating group) is 1. The van der Waals surface area contributed by atoms with Gasteiger partial charge in [-0.15, -0.1) is 0 Å². The third-order valence-corrected chi connectivity index (χ3v) is 3.17. The number of rotatable bonds is 9. The van der Waals surface area contributed by atoms with Gasteiger partial charge in [0.1, 0.15) is 0 Å². The van der Waals surface area contributed by atoms with Gasteiger partial charge in [0, 0.05) is 31.6 Å². The van der Waals surface area contributed by atoms with Crippen LogP contribution in [-0.2, 0) is 4.79 Å². The van der Waals surface area contributed by atoms with Gasteiger partial charge in [-0.05, 0) is 33.9 Å². The molecule has 1 amide bonds. The lowest BCUT2D eigenvalue weighted by Gasteiger charge is -2.23. The van der Waals surface area contributed by atoms with Gasteiger partial charge in [0.15, 0.2) is 0 Å². The molecular weight excluding hydrogens is 214 g/mol. The summed E-state index contributed by atoms with van der Waals surface area (Å²) in [4.78, 5) is 13.9. The molecule has 0 aliphatic rings. The van der Waals surface area contributed by atoms with Gasteiger partial charge < -0.3 is 15.5 Å². The molecule has 0 aromatic carbocycles. The number of amides is 1. The van der Waals surface area contributed by atoms with E-state index in [-0.39, 0.29) is 11.9 Å². The Balaban J connectivity index is 3.64. The monoisotopic (exact) mass is 243 g/mol. The molecule has 0 bridgehead atoms. The van der Waals surface area contributed by atoms with Crippen LogP contribution in [0.25, 0.3) is 0 Å². The second-order valence-electron chi connectivity index (χ2n) is 4.75. The molecule has 0 spiro atoms. The predicted molar refractivity (Wildman–Crippen MR) is 73.1 cm³/mol. The van der Waals surface area contributed by atoms with E-state index in [4.69, 9.17) is 0 Å². The molecule has 2 atom stereocenters. The molecule has 0 radical (unpaired) electrons. The molecular formula is C13H29N3O. The fourth-order valence-electron chi connectivity index (χ4n) is 1.67. The van der Waals surface area contributed by atoms with Gasteiger partial charge in [-0.2, -0.15) is 0 Å². The zero-order valence-corrected chi connectivity index (χ0v) is 12.0. The normalized spacial score (nSPS) is 14.7. The van der Waals surface area contributed by atoms with E-state index >= 15 is 0 Å². The van der Waals surface area contributed by atoms with Crippen molar-refractivity contribution in [3.63, 3.8) is 0 Å². The third-order valence-electron chi connectivity index (χ3n) is 3.17. The molecule has 102 valence electrons. The minimum Gasteiger partial charge on any atom is -0.355 e. The van der Waals surface area contributed by atoms with Gasteiger partial charge in [0.05, 0.1) is 0 Å². The van der Waals surface area contributed by atoms with Crippen molar-refractivity contribution in [3.05, 3.63) is 0 Å². The van der Waals surface area contributed by atoms with Crippen LogP contribution in [0, 0.1) is 0 Å². The van der Waals surface area contributed by atoms with E-state index in [1.165, 1.54) is 0 Å². The second-order valence-corrected chi connectivity index (χ2v) is 4.75. The van der Waals surface area contributed by atoms with Crippen LogP contribution in [0.3, 0.4) is 0 Å². The van der Waals surface area contributed by atoms with Crippen LogP contribution in [0.15, 0.2) is 0 Å². The first-order chi connectivity index (χ1) is 8.01. The number of carbonyl (C=O) groups is 1. The van der Waals surface area contributed by atoms with E-state index in [1.807, 2.05) is 6.92 Å². The number of carbonyl (C=O) groups excluding carboxylic acids is 1. The molecule has 0 fully saturated rings. The first-order valence-corrected chi connectivity index (χ1v) is 6.71. The van der Waals surface area contributed by atoms with Gasteiger partial charge in [0.25, 0.3) is 0 Å². The fourth-order valence-corrected chi connectivity index (χ4v) is 1.67. The van der Waals surface area contributed by atoms with Crippen molar-refractivity contribution in [2.24, 2.45) is 0 Å². The standard InChI is InChI=1S/C13H29N3O/c1-6-12(4)16(5)9-8-15-13(17)10-11(3)14-7-2/h11-12,14H,6-10H2,1-5H3,(H,15,17). The Bertz CT molecular complexity index is 209. The topological polar surface area (TPSA) is 44.4 Å². The van der Waals surface area contributed by atoms with Gasteiger partial charge in [0.2, 0.25) is 5.91 Å². The summed E-state index contributed by atoms with van der Waals surface area (Å²) < 4.78 is 0. The van der Waals surface area contributed by atoms with E-state index in [2.05, 4.69) is 43.4 Å². The van der Waals surface area contributed by atoms with Crippen LogP contribution in [0.4, 0.5) is 0 Å². The van der Waals surface area contributed by atoms with Crippen molar-refractivity contribution in [1.29, 1.82) is 0 Å². The summed E-state index contributed by atoms with van der Waals surface area (Å²) in [5.41, 5.74) is 0. The minimum absolute atomic E-state index is 0.135. The van der Waals surface area contributed by atoms with E-state index < -0.39 is 0 Å². The van der Waals surface area contributed by atoms with Gasteiger partial charge in [-0.25, -0.2) is 0 Å². The average Bonchev–Trinajstić information content (AvgIpc) is 2.27. The summed E-state index contributed by atoms with van der Waals surface area (Å²) in [6, 6.07) is 0.833. The summed E-state index contributed by atoms with van der Waals surface area (Å²) in [7, 11) is 2.10. The summed E-state index contributed by atoms with van der Waals surface area (Å²) in [5, 5.41) is 6.19. The lowest BCUT2D eigenvalue weighted by Crippen LogP contribution is -2.39. The molecule has 4 nitrogen and oxygen atoms in total. The van der Waals surface area contributed by atoms with Crippen LogP contribution < -0.4 is 10.6 Å². The number of nitrogens with one attached hydrogen (secondary N) is 2. The van der Waals surface area contributed by atoms with Crippen LogP contribution >= 0.6 is 0 Å². The molecule has 0 aromatic heterocycles. The van der Waals surface area contributed by atoms with Crippen molar-refractivity contribution in [2.75, 3.05) is 26.7 Å². The van der Waals surface area contributed by atoms with Gasteiger partial charge in [-0.3, -0.25) is 4.79 Å². The van der Waals surface area contributed by atoms with Crippen molar-refractivity contribution in [2.45, 2.75) is 52.6 Å². The predicted octanol–water partition coefficient (Wildman–Crippen LogP) is 1.22. The Morgan fingerprint density at radius 2 is 1.94 bits per heavy atom. The zero-order chi connectivity index (χ0) is 13.3. The van der Waals surface area contributed by atoms with E-state index in [0.717, 1.165) is 26.1 Å². The quantitative estimate of drug-likeness (QED) is 0.640. The third kappa shape index (κ3) is 8.16. The summed E-state index contributed by atoms with van der Waals surface area (Å²) >= 11 is 0. The molecule has 2 N–H and O–H groups in total. The fraction of sp³-hybridized carbons (Fsp3) is 0.923. The van der Waals surface area contributed by atoms with Gasteiger partial charge in [-0.1, -0.05) is 13.8 Å². The van der Waals surface area contributed by atoms with Crippen LogP contribution in [0.1, 0.15) is 40.5 Å². The summed E-state index contributed by atoms with van der Waals surface area (Å²) in [6.07, 6.45) is 1.70. The smallest absolute Gasteiger partial charge is 0.221 e. The second kappa shape index (κ2) is 9.42. The Morgan fingerprint density at radius 1 is 1.29 bits per heavy atom. The maximum atomic E-state index is 11.6. The Labute approximate surface area is 106 Å². The highest BCUT2D eigenvalue weighted by atomic mass is 16.1. The van der Waals surface area contributed by atoms with Crippen molar-refractivity contribution in [1.82, 2.24) is 15.5 Å². The maximum absolute atomic E-state index is 11.6. The Kier molecular flexibility index (Phi) is 9.09. The zero-order valence-electron chi connectivity index (χ0n) is 12.0. The lowest BCUT2D eigenvalue weighted by atomic mass is 10.2. The molecule has 0 rings (SSSR count). The first kappa shape index (κ1) is 16.4. The van der Waals surface area contributed by atoms with Crippen LogP contribution in [-0.4, -0.2) is 49.6 Å². The molecule has 0 saturated heterocycles. The maximum Gasteiger partial charge on any atom is 0.221 e. The average molecular weight is 243 g/mol. The van der Waals surface area contributed by atoms with Crippen molar-refractivity contribution >= 4 is 5.91 Å². The molecule has 0 aromatic rings. The van der Waals surface area contributed by atoms with E-state index in [0.29, 0.717) is 12.5 Å². The molecule has 0 heterocycles. The molecule has 0 aliphatic heterocycles. The van der Waals surface area contributed by atoms with Gasteiger partial charge >= 0.3 is 0 Å². The molecule has 2 unspecified atom stereocenters. The SMILES string of the molecule is CCNC(C)CC(=O)NCCN(C)C(C)CC. The highest BCUT2D eigenvalue weighted by Gasteiger charge is 2.09. The van der Waals surface area contributed by atoms with Crippen molar-refractivity contribution < 1.29 is 4.79 Å². The van der Waals surface area contributed by atoms with Crippen molar-refractivity contribution in [3.8, 4) is 0 Å². The van der Waals surface area contributed by atoms with E-state index in [9.17, 15) is 4.79 Å². The summed E-state index contributed by atoms with van der Waals surface area (Å²) in [5.74, 6) is 0.135.